The van der Waals surface area contributed by atoms with Crippen molar-refractivity contribution >= 4 is 17.3 Å². The summed E-state index contributed by atoms with van der Waals surface area (Å²) >= 11 is 1.76. The number of hydrogen-bond acceptors (Lipinski definition) is 4. The van der Waals surface area contributed by atoms with Crippen LogP contribution in [0.2, 0.25) is 0 Å². The second kappa shape index (κ2) is 9.03. The van der Waals surface area contributed by atoms with E-state index in [-0.39, 0.29) is 0 Å². The number of aromatic nitrogens is 1. The van der Waals surface area contributed by atoms with Gasteiger partial charge in [0.1, 0.15) is 5.75 Å². The van der Waals surface area contributed by atoms with Crippen LogP contribution in [0.15, 0.2) is 35.5 Å². The predicted molar refractivity (Wildman–Crippen MR) is 108 cm³/mol. The van der Waals surface area contributed by atoms with Gasteiger partial charge in [-0.05, 0) is 38.0 Å². The van der Waals surface area contributed by atoms with E-state index < -0.39 is 0 Å². The Morgan fingerprint density at radius 2 is 2.19 bits per heavy atom. The fourth-order valence-electron chi connectivity index (χ4n) is 3.30. The first-order valence-electron chi connectivity index (χ1n) is 9.28. The lowest BCUT2D eigenvalue weighted by molar-refractivity contribution is 0.414. The maximum absolute atomic E-state index is 5.26. The predicted octanol–water partition coefficient (Wildman–Crippen LogP) is 3.46. The normalized spacial score (nSPS) is 17.6. The molecule has 0 bridgehead atoms. The molecule has 6 heteroatoms. The van der Waals surface area contributed by atoms with E-state index in [4.69, 9.17) is 9.73 Å². The molecule has 1 aromatic heterocycles. The summed E-state index contributed by atoms with van der Waals surface area (Å²) < 4.78 is 5.26. The van der Waals surface area contributed by atoms with E-state index in [9.17, 15) is 0 Å². The second-order valence-electron chi connectivity index (χ2n) is 6.56. The summed E-state index contributed by atoms with van der Waals surface area (Å²) in [6.07, 6.45) is 4.00. The van der Waals surface area contributed by atoms with Crippen LogP contribution in [0.4, 0.5) is 0 Å². The van der Waals surface area contributed by atoms with Gasteiger partial charge in [0.25, 0.3) is 0 Å². The minimum Gasteiger partial charge on any atom is -0.497 e. The number of aryl methyl sites for hydroxylation is 1. The zero-order valence-corrected chi connectivity index (χ0v) is 16.7. The van der Waals surface area contributed by atoms with Crippen molar-refractivity contribution in [1.29, 1.82) is 0 Å². The van der Waals surface area contributed by atoms with E-state index in [1.54, 1.807) is 18.4 Å². The summed E-state index contributed by atoms with van der Waals surface area (Å²) in [4.78, 5) is 12.9. The molecule has 1 aliphatic heterocycles. The molecule has 1 fully saturated rings. The van der Waals surface area contributed by atoms with E-state index in [2.05, 4.69) is 41.2 Å². The zero-order chi connectivity index (χ0) is 18.4. The number of nitrogens with one attached hydrogen (secondary N) is 1. The Morgan fingerprint density at radius 3 is 2.85 bits per heavy atom. The van der Waals surface area contributed by atoms with Gasteiger partial charge in [0.05, 0.1) is 12.1 Å². The summed E-state index contributed by atoms with van der Waals surface area (Å²) in [6, 6.07) is 8.46. The van der Waals surface area contributed by atoms with E-state index in [1.807, 2.05) is 18.3 Å². The van der Waals surface area contributed by atoms with Crippen LogP contribution >= 0.6 is 11.3 Å². The highest BCUT2D eigenvalue weighted by Gasteiger charge is 2.26. The van der Waals surface area contributed by atoms with Crippen molar-refractivity contribution in [3.63, 3.8) is 0 Å². The van der Waals surface area contributed by atoms with Gasteiger partial charge in [-0.1, -0.05) is 12.1 Å². The molecule has 1 aliphatic rings. The highest BCUT2D eigenvalue weighted by atomic mass is 32.1. The van der Waals surface area contributed by atoms with Crippen LogP contribution in [0.3, 0.4) is 0 Å². The van der Waals surface area contributed by atoms with Crippen molar-refractivity contribution in [2.45, 2.75) is 32.6 Å². The number of thiazole rings is 1. The molecule has 1 atom stereocenters. The van der Waals surface area contributed by atoms with Gasteiger partial charge in [0.15, 0.2) is 5.96 Å². The molecule has 3 rings (SSSR count). The molecule has 1 unspecified atom stereocenters. The Morgan fingerprint density at radius 1 is 1.38 bits per heavy atom. The van der Waals surface area contributed by atoms with Crippen LogP contribution in [0.25, 0.3) is 0 Å². The maximum atomic E-state index is 5.26. The summed E-state index contributed by atoms with van der Waals surface area (Å²) in [5.41, 5.74) is 1.38. The summed E-state index contributed by atoms with van der Waals surface area (Å²) in [6.45, 7) is 7.93. The Kier molecular flexibility index (Phi) is 6.50. The van der Waals surface area contributed by atoms with Gasteiger partial charge in [-0.15, -0.1) is 11.3 Å². The lowest BCUT2D eigenvalue weighted by Gasteiger charge is -2.21. The molecule has 140 valence electrons. The van der Waals surface area contributed by atoms with Crippen LogP contribution < -0.4 is 10.1 Å². The van der Waals surface area contributed by atoms with Gasteiger partial charge < -0.3 is 15.0 Å². The molecule has 0 saturated carbocycles. The molecule has 2 aromatic rings. The first-order chi connectivity index (χ1) is 12.7. The average Bonchev–Trinajstić information content (AvgIpc) is 3.30. The van der Waals surface area contributed by atoms with Gasteiger partial charge in [0.2, 0.25) is 0 Å². The molecular formula is C20H28N4OS. The number of guanidine groups is 1. The van der Waals surface area contributed by atoms with Crippen molar-refractivity contribution in [2.75, 3.05) is 33.3 Å². The van der Waals surface area contributed by atoms with E-state index in [0.717, 1.165) is 50.7 Å². The van der Waals surface area contributed by atoms with Crippen molar-refractivity contribution < 1.29 is 4.74 Å². The number of methoxy groups -OCH3 is 1. The van der Waals surface area contributed by atoms with Crippen LogP contribution in [0.5, 0.6) is 5.75 Å². The first kappa shape index (κ1) is 18.7. The molecular weight excluding hydrogens is 344 g/mol. The van der Waals surface area contributed by atoms with Gasteiger partial charge in [-0.3, -0.25) is 4.99 Å². The summed E-state index contributed by atoms with van der Waals surface area (Å²) in [5.74, 6) is 2.49. The minimum atomic E-state index is 0.548. The molecule has 5 nitrogen and oxygen atoms in total. The number of hydrogen-bond donors (Lipinski definition) is 1. The molecule has 1 N–H and O–H groups in total. The first-order valence-corrected chi connectivity index (χ1v) is 10.1. The molecule has 1 aromatic carbocycles. The smallest absolute Gasteiger partial charge is 0.193 e. The van der Waals surface area contributed by atoms with Gasteiger partial charge in [-0.2, -0.15) is 0 Å². The molecule has 2 heterocycles. The monoisotopic (exact) mass is 372 g/mol. The molecule has 26 heavy (non-hydrogen) atoms. The molecule has 0 aliphatic carbocycles. The zero-order valence-electron chi connectivity index (χ0n) is 15.9. The van der Waals surface area contributed by atoms with Crippen LogP contribution in [-0.4, -0.2) is 49.1 Å². The third kappa shape index (κ3) is 4.75. The largest absolute Gasteiger partial charge is 0.497 e. The molecule has 0 radical (unpaired) electrons. The fraction of sp³-hybridized carbons (Fsp3) is 0.500. The van der Waals surface area contributed by atoms with Crippen LogP contribution in [0, 0.1) is 6.92 Å². The maximum Gasteiger partial charge on any atom is 0.193 e. The molecule has 1 saturated heterocycles. The van der Waals surface area contributed by atoms with Gasteiger partial charge in [0, 0.05) is 49.6 Å². The number of benzene rings is 1. The van der Waals surface area contributed by atoms with Crippen molar-refractivity contribution in [3.05, 3.63) is 45.9 Å². The third-order valence-electron chi connectivity index (χ3n) is 4.67. The number of likely N-dealkylation sites (tertiary alicyclic amines) is 1. The molecule has 0 spiro atoms. The summed E-state index contributed by atoms with van der Waals surface area (Å²) in [7, 11) is 1.71. The Bertz CT molecular complexity index is 726. The minimum absolute atomic E-state index is 0.548. The number of nitrogens with zero attached hydrogens (tertiary/aromatic N) is 3. The average molecular weight is 373 g/mol. The van der Waals surface area contributed by atoms with Crippen molar-refractivity contribution in [3.8, 4) is 5.75 Å². The lowest BCUT2D eigenvalue weighted by Crippen LogP contribution is -2.40. The Balaban J connectivity index is 1.59. The highest BCUT2D eigenvalue weighted by Crippen LogP contribution is 2.28. The fourth-order valence-corrected chi connectivity index (χ4v) is 4.08. The second-order valence-corrected chi connectivity index (χ2v) is 7.87. The lowest BCUT2D eigenvalue weighted by atomic mass is 9.98. The molecule has 0 amide bonds. The summed E-state index contributed by atoms with van der Waals surface area (Å²) in [5, 5.41) is 4.61. The standard InChI is InChI=1S/C20H28N4OS/c1-4-21-20(22-11-9-19-23-13-15(2)26-19)24-12-10-17(14-24)16-5-7-18(25-3)8-6-16/h5-8,13,17H,4,9-12,14H2,1-3H3,(H,21,22). The quantitative estimate of drug-likeness (QED) is 0.623. The third-order valence-corrected chi connectivity index (χ3v) is 5.64. The van der Waals surface area contributed by atoms with Gasteiger partial charge in [-0.25, -0.2) is 4.98 Å². The Hall–Kier alpha value is -2.08. The highest BCUT2D eigenvalue weighted by molar-refractivity contribution is 7.11. The van der Waals surface area contributed by atoms with E-state index >= 15 is 0 Å². The number of aliphatic imine (C=N–C) groups is 1. The van der Waals surface area contributed by atoms with Crippen LogP contribution in [-0.2, 0) is 6.42 Å². The number of rotatable bonds is 6. The van der Waals surface area contributed by atoms with Crippen LogP contribution in [0.1, 0.15) is 34.7 Å². The van der Waals surface area contributed by atoms with Crippen molar-refractivity contribution in [2.24, 2.45) is 4.99 Å². The van der Waals surface area contributed by atoms with Gasteiger partial charge >= 0.3 is 0 Å². The topological polar surface area (TPSA) is 49.8 Å². The SMILES string of the molecule is CCNC(=NCCc1ncc(C)s1)N1CCC(c2ccc(OC)cc2)C1. The van der Waals surface area contributed by atoms with E-state index in [0.29, 0.717) is 5.92 Å². The van der Waals surface area contributed by atoms with E-state index in [1.165, 1.54) is 15.4 Å². The Labute approximate surface area is 160 Å². The van der Waals surface area contributed by atoms with Crippen molar-refractivity contribution in [1.82, 2.24) is 15.2 Å². The number of ether oxygens (including phenoxy) is 1.